The van der Waals surface area contributed by atoms with Gasteiger partial charge in [-0.25, -0.2) is 0 Å². The lowest BCUT2D eigenvalue weighted by molar-refractivity contribution is -0.122. The van der Waals surface area contributed by atoms with Crippen molar-refractivity contribution in [2.75, 3.05) is 12.3 Å². The Morgan fingerprint density at radius 1 is 1.61 bits per heavy atom. The molecular formula is C11H17N5O2. The molecule has 1 atom stereocenters. The summed E-state index contributed by atoms with van der Waals surface area (Å²) in [6.45, 7) is 4.23. The van der Waals surface area contributed by atoms with E-state index in [-0.39, 0.29) is 24.4 Å². The van der Waals surface area contributed by atoms with E-state index in [0.29, 0.717) is 18.7 Å². The smallest absolute Gasteiger partial charge is 0.242 e. The van der Waals surface area contributed by atoms with Gasteiger partial charge in [0.1, 0.15) is 6.54 Å². The zero-order valence-corrected chi connectivity index (χ0v) is 10.5. The molecule has 1 aromatic rings. The van der Waals surface area contributed by atoms with Gasteiger partial charge in [0.25, 0.3) is 0 Å². The van der Waals surface area contributed by atoms with Crippen LogP contribution in [0, 0.1) is 13.8 Å². The van der Waals surface area contributed by atoms with Crippen molar-refractivity contribution in [2.24, 2.45) is 0 Å². The van der Waals surface area contributed by atoms with E-state index in [4.69, 9.17) is 5.73 Å². The summed E-state index contributed by atoms with van der Waals surface area (Å²) in [6, 6.07) is -0.126. The number of nitrogen functional groups attached to an aromatic ring is 1. The molecule has 7 nitrogen and oxygen atoms in total. The lowest BCUT2D eigenvalue weighted by Gasteiger charge is -2.11. The second-order valence-corrected chi connectivity index (χ2v) is 4.51. The number of nitrogens with one attached hydrogen (secondary N) is 2. The van der Waals surface area contributed by atoms with Crippen LogP contribution in [-0.2, 0) is 16.1 Å². The summed E-state index contributed by atoms with van der Waals surface area (Å²) in [4.78, 5) is 22.8. The average molecular weight is 251 g/mol. The standard InChI is InChI=1S/C11H17N5O2/c1-6-11(12)7(2)16(15-6)5-10(18)14-8-3-9(17)13-4-8/h8H,3-5,12H2,1-2H3,(H,13,17)(H,14,18). The van der Waals surface area contributed by atoms with Gasteiger partial charge < -0.3 is 16.4 Å². The molecule has 1 unspecified atom stereocenters. The van der Waals surface area contributed by atoms with Crippen LogP contribution in [0.4, 0.5) is 5.69 Å². The zero-order chi connectivity index (χ0) is 13.3. The van der Waals surface area contributed by atoms with E-state index in [0.717, 1.165) is 11.4 Å². The van der Waals surface area contributed by atoms with Gasteiger partial charge in [0.05, 0.1) is 23.1 Å². The van der Waals surface area contributed by atoms with Gasteiger partial charge >= 0.3 is 0 Å². The van der Waals surface area contributed by atoms with Gasteiger partial charge in [-0.2, -0.15) is 5.10 Å². The lowest BCUT2D eigenvalue weighted by atomic mass is 10.2. The normalized spacial score (nSPS) is 18.8. The van der Waals surface area contributed by atoms with Crippen molar-refractivity contribution in [3.05, 3.63) is 11.4 Å². The summed E-state index contributed by atoms with van der Waals surface area (Å²) in [5, 5.41) is 9.64. The Kier molecular flexibility index (Phi) is 3.22. The van der Waals surface area contributed by atoms with Crippen LogP contribution >= 0.6 is 0 Å². The largest absolute Gasteiger partial charge is 0.396 e. The van der Waals surface area contributed by atoms with Crippen LogP contribution < -0.4 is 16.4 Å². The van der Waals surface area contributed by atoms with Gasteiger partial charge in [-0.05, 0) is 13.8 Å². The Morgan fingerprint density at radius 3 is 2.83 bits per heavy atom. The van der Waals surface area contributed by atoms with Crippen molar-refractivity contribution in [2.45, 2.75) is 32.9 Å². The molecule has 1 aliphatic heterocycles. The predicted octanol–water partition coefficient (Wildman–Crippen LogP) is -0.913. The van der Waals surface area contributed by atoms with Gasteiger partial charge in [-0.15, -0.1) is 0 Å². The third-order valence-corrected chi connectivity index (χ3v) is 3.07. The van der Waals surface area contributed by atoms with E-state index < -0.39 is 0 Å². The highest BCUT2D eigenvalue weighted by molar-refractivity contribution is 5.82. The maximum atomic E-state index is 11.8. The van der Waals surface area contributed by atoms with E-state index in [1.807, 2.05) is 6.92 Å². The summed E-state index contributed by atoms with van der Waals surface area (Å²) in [6.07, 6.45) is 0.338. The van der Waals surface area contributed by atoms with E-state index in [2.05, 4.69) is 15.7 Å². The van der Waals surface area contributed by atoms with Gasteiger partial charge in [0, 0.05) is 13.0 Å². The number of rotatable bonds is 3. The van der Waals surface area contributed by atoms with Gasteiger partial charge in [0.15, 0.2) is 0 Å². The summed E-state index contributed by atoms with van der Waals surface area (Å²) >= 11 is 0. The van der Waals surface area contributed by atoms with Gasteiger partial charge in [0.2, 0.25) is 11.8 Å². The highest BCUT2D eigenvalue weighted by Crippen LogP contribution is 2.14. The maximum Gasteiger partial charge on any atom is 0.242 e. The molecule has 2 heterocycles. The second-order valence-electron chi connectivity index (χ2n) is 4.51. The molecule has 4 N–H and O–H groups in total. The number of hydrogen-bond acceptors (Lipinski definition) is 4. The topological polar surface area (TPSA) is 102 Å². The summed E-state index contributed by atoms with van der Waals surface area (Å²) in [5.41, 5.74) is 7.90. The number of carbonyl (C=O) groups excluding carboxylic acids is 2. The number of carbonyl (C=O) groups is 2. The number of amides is 2. The molecule has 0 spiro atoms. The fraction of sp³-hybridized carbons (Fsp3) is 0.545. The van der Waals surface area contributed by atoms with Crippen molar-refractivity contribution in [1.82, 2.24) is 20.4 Å². The fourth-order valence-corrected chi connectivity index (χ4v) is 1.98. The lowest BCUT2D eigenvalue weighted by Crippen LogP contribution is -2.38. The molecule has 1 fully saturated rings. The quantitative estimate of drug-likeness (QED) is 0.647. The van der Waals surface area contributed by atoms with Crippen LogP contribution in [0.3, 0.4) is 0 Å². The summed E-state index contributed by atoms with van der Waals surface area (Å²) in [5.74, 6) is -0.197. The van der Waals surface area contributed by atoms with Crippen LogP contribution in [0.15, 0.2) is 0 Å². The number of hydrogen-bond donors (Lipinski definition) is 3. The Morgan fingerprint density at radius 2 is 2.33 bits per heavy atom. The first-order chi connectivity index (χ1) is 8.47. The molecule has 98 valence electrons. The highest BCUT2D eigenvalue weighted by atomic mass is 16.2. The molecule has 0 bridgehead atoms. The number of nitrogens with zero attached hydrogens (tertiary/aromatic N) is 2. The Bertz CT molecular complexity index is 494. The number of nitrogens with two attached hydrogens (primary N) is 1. The Labute approximate surface area is 105 Å². The minimum atomic E-state index is -0.165. The molecular weight excluding hydrogens is 234 g/mol. The molecule has 0 radical (unpaired) electrons. The van der Waals surface area contributed by atoms with Crippen LogP contribution in [0.25, 0.3) is 0 Å². The molecule has 0 saturated carbocycles. The predicted molar refractivity (Wildman–Crippen MR) is 65.7 cm³/mol. The van der Waals surface area contributed by atoms with Crippen molar-refractivity contribution in [1.29, 1.82) is 0 Å². The van der Waals surface area contributed by atoms with Crippen molar-refractivity contribution in [3.63, 3.8) is 0 Å². The van der Waals surface area contributed by atoms with Crippen molar-refractivity contribution < 1.29 is 9.59 Å². The molecule has 2 amide bonds. The molecule has 1 saturated heterocycles. The highest BCUT2D eigenvalue weighted by Gasteiger charge is 2.23. The Balaban J connectivity index is 1.95. The Hall–Kier alpha value is -2.05. The molecule has 1 aliphatic rings. The first-order valence-corrected chi connectivity index (χ1v) is 5.83. The number of anilines is 1. The van der Waals surface area contributed by atoms with E-state index in [9.17, 15) is 9.59 Å². The van der Waals surface area contributed by atoms with Crippen molar-refractivity contribution >= 4 is 17.5 Å². The van der Waals surface area contributed by atoms with Crippen molar-refractivity contribution in [3.8, 4) is 0 Å². The average Bonchev–Trinajstić information content (AvgIpc) is 2.80. The van der Waals surface area contributed by atoms with Crippen LogP contribution in [-0.4, -0.2) is 34.2 Å². The monoisotopic (exact) mass is 251 g/mol. The molecule has 0 aromatic carbocycles. The van der Waals surface area contributed by atoms with E-state index >= 15 is 0 Å². The number of aromatic nitrogens is 2. The third kappa shape index (κ3) is 2.44. The third-order valence-electron chi connectivity index (χ3n) is 3.07. The van der Waals surface area contributed by atoms with Gasteiger partial charge in [-0.1, -0.05) is 0 Å². The minimum Gasteiger partial charge on any atom is -0.396 e. The van der Waals surface area contributed by atoms with Crippen LogP contribution in [0.2, 0.25) is 0 Å². The first kappa shape index (κ1) is 12.4. The molecule has 0 aliphatic carbocycles. The minimum absolute atomic E-state index is 0.0318. The van der Waals surface area contributed by atoms with E-state index in [1.54, 1.807) is 11.6 Å². The number of aryl methyl sites for hydroxylation is 1. The SMILES string of the molecule is Cc1nn(CC(=O)NC2CNC(=O)C2)c(C)c1N. The van der Waals surface area contributed by atoms with Gasteiger partial charge in [-0.3, -0.25) is 14.3 Å². The summed E-state index contributed by atoms with van der Waals surface area (Å²) in [7, 11) is 0. The van der Waals surface area contributed by atoms with Crippen LogP contribution in [0.1, 0.15) is 17.8 Å². The maximum absolute atomic E-state index is 11.8. The molecule has 1 aromatic heterocycles. The summed E-state index contributed by atoms with van der Waals surface area (Å²) < 4.78 is 1.57. The fourth-order valence-electron chi connectivity index (χ4n) is 1.98. The second kappa shape index (κ2) is 4.67. The first-order valence-electron chi connectivity index (χ1n) is 5.83. The van der Waals surface area contributed by atoms with E-state index in [1.165, 1.54) is 0 Å². The molecule has 18 heavy (non-hydrogen) atoms. The molecule has 7 heteroatoms. The molecule has 2 rings (SSSR count). The van der Waals surface area contributed by atoms with Crippen LogP contribution in [0.5, 0.6) is 0 Å². The zero-order valence-electron chi connectivity index (χ0n) is 10.5.